The van der Waals surface area contributed by atoms with Gasteiger partial charge in [-0.3, -0.25) is 9.69 Å². The van der Waals surface area contributed by atoms with Crippen LogP contribution in [0.4, 0.5) is 0 Å². The van der Waals surface area contributed by atoms with E-state index in [9.17, 15) is 9.90 Å². The van der Waals surface area contributed by atoms with E-state index < -0.39 is 0 Å². The standard InChI is InChI=1S/C15H21NO3/c1-11-9-16(8-7-13(11)17)10-14(18)12-5-3-4-6-15(12)19-2/h3-6,11,13,17H,7-10H2,1-2H3. The number of benzene rings is 1. The lowest BCUT2D eigenvalue weighted by atomic mass is 9.96. The molecule has 4 nitrogen and oxygen atoms in total. The predicted octanol–water partition coefficient (Wildman–Crippen LogP) is 1.58. The average molecular weight is 263 g/mol. The van der Waals surface area contributed by atoms with E-state index >= 15 is 0 Å². The highest BCUT2D eigenvalue weighted by molar-refractivity contribution is 6.00. The van der Waals surface area contributed by atoms with Gasteiger partial charge in [0.25, 0.3) is 0 Å². The third-order valence-electron chi connectivity index (χ3n) is 3.72. The second-order valence-electron chi connectivity index (χ2n) is 5.19. The molecule has 2 unspecified atom stereocenters. The Balaban J connectivity index is 2.01. The number of ether oxygens (including phenoxy) is 1. The largest absolute Gasteiger partial charge is 0.496 e. The third kappa shape index (κ3) is 3.33. The molecule has 2 atom stereocenters. The normalized spacial score (nSPS) is 24.2. The fraction of sp³-hybridized carbons (Fsp3) is 0.533. The summed E-state index contributed by atoms with van der Waals surface area (Å²) in [4.78, 5) is 14.4. The molecular weight excluding hydrogens is 242 g/mol. The van der Waals surface area contributed by atoms with Gasteiger partial charge in [0.1, 0.15) is 5.75 Å². The summed E-state index contributed by atoms with van der Waals surface area (Å²) in [6.07, 6.45) is 0.498. The number of Topliss-reactive ketones (excluding diaryl/α,β-unsaturated/α-hetero) is 1. The number of aliphatic hydroxyl groups excluding tert-OH is 1. The Morgan fingerprint density at radius 3 is 2.89 bits per heavy atom. The smallest absolute Gasteiger partial charge is 0.180 e. The number of piperidine rings is 1. The molecular formula is C15H21NO3. The Bertz CT molecular complexity index is 447. The Kier molecular flexibility index (Phi) is 4.56. The molecule has 0 radical (unpaired) electrons. The predicted molar refractivity (Wildman–Crippen MR) is 73.6 cm³/mol. The summed E-state index contributed by atoms with van der Waals surface area (Å²) in [7, 11) is 1.57. The minimum absolute atomic E-state index is 0.0704. The SMILES string of the molecule is COc1ccccc1C(=O)CN1CCC(O)C(C)C1. The van der Waals surface area contributed by atoms with Crippen molar-refractivity contribution in [1.82, 2.24) is 4.90 Å². The van der Waals surface area contributed by atoms with Crippen molar-refractivity contribution in [3.05, 3.63) is 29.8 Å². The Hall–Kier alpha value is -1.39. The van der Waals surface area contributed by atoms with Crippen LogP contribution in [0.15, 0.2) is 24.3 Å². The topological polar surface area (TPSA) is 49.8 Å². The zero-order chi connectivity index (χ0) is 13.8. The van der Waals surface area contributed by atoms with Crippen LogP contribution >= 0.6 is 0 Å². The molecule has 104 valence electrons. The summed E-state index contributed by atoms with van der Waals surface area (Å²) in [6, 6.07) is 7.30. The van der Waals surface area contributed by atoms with Crippen LogP contribution in [0.3, 0.4) is 0 Å². The molecule has 1 N–H and O–H groups in total. The van der Waals surface area contributed by atoms with Crippen molar-refractivity contribution >= 4 is 5.78 Å². The van der Waals surface area contributed by atoms with E-state index in [0.717, 1.165) is 19.5 Å². The maximum absolute atomic E-state index is 12.3. The van der Waals surface area contributed by atoms with E-state index in [2.05, 4.69) is 4.90 Å². The van der Waals surface area contributed by atoms with Crippen molar-refractivity contribution < 1.29 is 14.6 Å². The maximum atomic E-state index is 12.3. The fourth-order valence-corrected chi connectivity index (χ4v) is 2.53. The summed E-state index contributed by atoms with van der Waals surface area (Å²) in [5.74, 6) is 0.915. The van der Waals surface area contributed by atoms with E-state index in [-0.39, 0.29) is 17.8 Å². The van der Waals surface area contributed by atoms with Crippen LogP contribution in [0.5, 0.6) is 5.75 Å². The van der Waals surface area contributed by atoms with Crippen LogP contribution in [-0.2, 0) is 0 Å². The molecule has 0 spiro atoms. The number of nitrogens with zero attached hydrogens (tertiary/aromatic N) is 1. The summed E-state index contributed by atoms with van der Waals surface area (Å²) in [5.41, 5.74) is 0.628. The van der Waals surface area contributed by atoms with Gasteiger partial charge in [0, 0.05) is 13.1 Å². The first-order chi connectivity index (χ1) is 9.11. The number of carbonyl (C=O) groups excluding carboxylic acids is 1. The van der Waals surface area contributed by atoms with Gasteiger partial charge in [-0.1, -0.05) is 19.1 Å². The zero-order valence-corrected chi connectivity index (χ0v) is 11.5. The molecule has 1 aliphatic rings. The van der Waals surface area contributed by atoms with Gasteiger partial charge in [-0.2, -0.15) is 0 Å². The Labute approximate surface area is 114 Å². The summed E-state index contributed by atoms with van der Waals surface area (Å²) < 4.78 is 5.21. The lowest BCUT2D eigenvalue weighted by Crippen LogP contribution is -2.44. The average Bonchev–Trinajstić information content (AvgIpc) is 2.43. The maximum Gasteiger partial charge on any atom is 0.180 e. The molecule has 1 aromatic carbocycles. The lowest BCUT2D eigenvalue weighted by Gasteiger charge is -2.33. The van der Waals surface area contributed by atoms with Crippen LogP contribution < -0.4 is 4.74 Å². The fourth-order valence-electron chi connectivity index (χ4n) is 2.53. The van der Waals surface area contributed by atoms with E-state index in [0.29, 0.717) is 17.9 Å². The summed E-state index contributed by atoms with van der Waals surface area (Å²) >= 11 is 0. The minimum atomic E-state index is -0.238. The van der Waals surface area contributed by atoms with Crippen LogP contribution in [0.25, 0.3) is 0 Å². The number of likely N-dealkylation sites (tertiary alicyclic amines) is 1. The second-order valence-corrected chi connectivity index (χ2v) is 5.19. The number of aliphatic hydroxyl groups is 1. The van der Waals surface area contributed by atoms with Gasteiger partial charge in [-0.25, -0.2) is 0 Å². The molecule has 0 saturated carbocycles. The molecule has 0 amide bonds. The van der Waals surface area contributed by atoms with E-state index in [4.69, 9.17) is 4.74 Å². The van der Waals surface area contributed by atoms with E-state index in [1.54, 1.807) is 19.2 Å². The summed E-state index contributed by atoms with van der Waals surface area (Å²) in [5, 5.41) is 9.70. The van der Waals surface area contributed by atoms with Gasteiger partial charge in [0.05, 0.1) is 25.3 Å². The molecule has 1 aliphatic heterocycles. The monoisotopic (exact) mass is 263 g/mol. The molecule has 0 bridgehead atoms. The van der Waals surface area contributed by atoms with Crippen molar-refractivity contribution in [2.75, 3.05) is 26.7 Å². The number of hydrogen-bond donors (Lipinski definition) is 1. The molecule has 1 saturated heterocycles. The van der Waals surface area contributed by atoms with Gasteiger partial charge in [-0.05, 0) is 24.5 Å². The number of ketones is 1. The van der Waals surface area contributed by atoms with Gasteiger partial charge in [0.2, 0.25) is 0 Å². The van der Waals surface area contributed by atoms with Crippen LogP contribution in [0, 0.1) is 5.92 Å². The first-order valence-corrected chi connectivity index (χ1v) is 6.68. The van der Waals surface area contributed by atoms with Crippen molar-refractivity contribution in [3.63, 3.8) is 0 Å². The minimum Gasteiger partial charge on any atom is -0.496 e. The highest BCUT2D eigenvalue weighted by Gasteiger charge is 2.26. The lowest BCUT2D eigenvalue weighted by molar-refractivity contribution is 0.0344. The number of rotatable bonds is 4. The zero-order valence-electron chi connectivity index (χ0n) is 11.5. The van der Waals surface area contributed by atoms with Gasteiger partial charge in [0.15, 0.2) is 5.78 Å². The van der Waals surface area contributed by atoms with Gasteiger partial charge < -0.3 is 9.84 Å². The molecule has 4 heteroatoms. The van der Waals surface area contributed by atoms with Crippen LogP contribution in [0.2, 0.25) is 0 Å². The number of carbonyl (C=O) groups is 1. The van der Waals surface area contributed by atoms with Crippen molar-refractivity contribution in [1.29, 1.82) is 0 Å². The first kappa shape index (κ1) is 14.0. The highest BCUT2D eigenvalue weighted by Crippen LogP contribution is 2.20. The number of methoxy groups -OCH3 is 1. The summed E-state index contributed by atoms with van der Waals surface area (Å²) in [6.45, 7) is 3.94. The van der Waals surface area contributed by atoms with Crippen molar-refractivity contribution in [2.24, 2.45) is 5.92 Å². The van der Waals surface area contributed by atoms with Crippen LogP contribution in [-0.4, -0.2) is 48.6 Å². The molecule has 19 heavy (non-hydrogen) atoms. The number of hydrogen-bond acceptors (Lipinski definition) is 4. The van der Waals surface area contributed by atoms with Gasteiger partial charge in [-0.15, -0.1) is 0 Å². The van der Waals surface area contributed by atoms with E-state index in [1.165, 1.54) is 0 Å². The Morgan fingerprint density at radius 1 is 1.47 bits per heavy atom. The number of para-hydroxylation sites is 1. The molecule has 1 fully saturated rings. The quantitative estimate of drug-likeness (QED) is 0.838. The molecule has 0 aromatic heterocycles. The van der Waals surface area contributed by atoms with Gasteiger partial charge >= 0.3 is 0 Å². The van der Waals surface area contributed by atoms with Crippen molar-refractivity contribution in [2.45, 2.75) is 19.4 Å². The molecule has 1 aromatic rings. The second kappa shape index (κ2) is 6.17. The Morgan fingerprint density at radius 2 is 2.21 bits per heavy atom. The molecule has 0 aliphatic carbocycles. The first-order valence-electron chi connectivity index (χ1n) is 6.68. The molecule has 2 rings (SSSR count). The van der Waals surface area contributed by atoms with Crippen molar-refractivity contribution in [3.8, 4) is 5.75 Å². The third-order valence-corrected chi connectivity index (χ3v) is 3.72. The molecule has 1 heterocycles. The van der Waals surface area contributed by atoms with Crippen LogP contribution in [0.1, 0.15) is 23.7 Å². The highest BCUT2D eigenvalue weighted by atomic mass is 16.5. The van der Waals surface area contributed by atoms with E-state index in [1.807, 2.05) is 19.1 Å².